The van der Waals surface area contributed by atoms with Crippen molar-refractivity contribution in [2.24, 2.45) is 5.92 Å². The smallest absolute Gasteiger partial charge is 0.407 e. The van der Waals surface area contributed by atoms with Crippen molar-refractivity contribution >= 4 is 18.0 Å². The number of nitrogens with zero attached hydrogens (tertiary/aromatic N) is 1. The molecule has 8 nitrogen and oxygen atoms in total. The van der Waals surface area contributed by atoms with E-state index >= 15 is 0 Å². The number of carbonyl (C=O) groups is 3. The fourth-order valence-electron chi connectivity index (χ4n) is 5.60. The Labute approximate surface area is 204 Å². The summed E-state index contributed by atoms with van der Waals surface area (Å²) >= 11 is 0. The van der Waals surface area contributed by atoms with Crippen molar-refractivity contribution < 1.29 is 29.0 Å². The molecule has 1 saturated carbocycles. The van der Waals surface area contributed by atoms with E-state index in [-0.39, 0.29) is 43.2 Å². The minimum atomic E-state index is -1.20. The molecule has 1 saturated heterocycles. The Morgan fingerprint density at radius 1 is 1.00 bits per heavy atom. The lowest BCUT2D eigenvalue weighted by Gasteiger charge is -2.42. The number of carbonyl (C=O) groups excluding carboxylic acids is 2. The van der Waals surface area contributed by atoms with Gasteiger partial charge in [0.15, 0.2) is 5.60 Å². The summed E-state index contributed by atoms with van der Waals surface area (Å²) in [5.41, 5.74) is 3.49. The molecule has 1 aliphatic heterocycles. The van der Waals surface area contributed by atoms with Gasteiger partial charge in [0.2, 0.25) is 5.91 Å². The maximum absolute atomic E-state index is 12.8. The third-order valence-electron chi connectivity index (χ3n) is 7.82. The van der Waals surface area contributed by atoms with Gasteiger partial charge in [0.05, 0.1) is 0 Å². The van der Waals surface area contributed by atoms with Gasteiger partial charge in [0.1, 0.15) is 6.61 Å². The lowest BCUT2D eigenvalue weighted by Crippen LogP contribution is -2.55. The SMILES string of the molecule is COC1(C(=O)O)CCN(C(=O)C2CC(NC(=O)OCC3c4ccccc4-c4ccccc43)C2)CC1. The number of benzene rings is 2. The molecule has 0 bridgehead atoms. The molecule has 1 heterocycles. The van der Waals surface area contributed by atoms with Crippen LogP contribution in [0.3, 0.4) is 0 Å². The number of rotatable bonds is 6. The first-order valence-electron chi connectivity index (χ1n) is 12.1. The number of likely N-dealkylation sites (tertiary alicyclic amines) is 1. The van der Waals surface area contributed by atoms with E-state index in [1.807, 2.05) is 24.3 Å². The van der Waals surface area contributed by atoms with Gasteiger partial charge in [-0.05, 0) is 35.1 Å². The molecule has 0 atom stereocenters. The zero-order valence-corrected chi connectivity index (χ0v) is 19.7. The highest BCUT2D eigenvalue weighted by Crippen LogP contribution is 2.44. The first-order chi connectivity index (χ1) is 16.9. The summed E-state index contributed by atoms with van der Waals surface area (Å²) in [4.78, 5) is 38.5. The number of carboxylic acids is 1. The average molecular weight is 479 g/mol. The van der Waals surface area contributed by atoms with Gasteiger partial charge < -0.3 is 24.8 Å². The van der Waals surface area contributed by atoms with Crippen LogP contribution in [-0.4, -0.2) is 66.4 Å². The molecule has 0 aromatic heterocycles. The van der Waals surface area contributed by atoms with E-state index in [1.54, 1.807) is 4.90 Å². The Kier molecular flexibility index (Phi) is 6.23. The molecule has 2 fully saturated rings. The Bertz CT molecular complexity index is 1090. The van der Waals surface area contributed by atoms with E-state index in [1.165, 1.54) is 18.2 Å². The van der Waals surface area contributed by atoms with E-state index in [4.69, 9.17) is 9.47 Å². The number of amides is 2. The summed E-state index contributed by atoms with van der Waals surface area (Å²) in [6, 6.07) is 16.3. The van der Waals surface area contributed by atoms with E-state index in [0.717, 1.165) is 11.1 Å². The zero-order chi connectivity index (χ0) is 24.6. The second-order valence-electron chi connectivity index (χ2n) is 9.66. The predicted molar refractivity (Wildman–Crippen MR) is 128 cm³/mol. The number of alkyl carbamates (subject to hydrolysis) is 1. The Morgan fingerprint density at radius 2 is 1.57 bits per heavy atom. The third-order valence-corrected chi connectivity index (χ3v) is 7.82. The molecule has 35 heavy (non-hydrogen) atoms. The largest absolute Gasteiger partial charge is 0.479 e. The molecule has 8 heteroatoms. The standard InChI is InChI=1S/C27H30N2O6/c1-34-27(25(31)32)10-12-29(13-11-27)24(30)17-14-18(15-17)28-26(33)35-16-23-21-8-4-2-6-19(21)20-7-3-5-9-22(20)23/h2-9,17-18,23H,10-16H2,1H3,(H,28,33)(H,31,32). The number of fused-ring (bicyclic) bond motifs is 3. The van der Waals surface area contributed by atoms with Gasteiger partial charge >= 0.3 is 12.1 Å². The van der Waals surface area contributed by atoms with Crippen LogP contribution in [0.2, 0.25) is 0 Å². The van der Waals surface area contributed by atoms with Crippen LogP contribution in [0.4, 0.5) is 4.79 Å². The van der Waals surface area contributed by atoms with Gasteiger partial charge in [0, 0.05) is 50.9 Å². The molecule has 2 aromatic carbocycles. The van der Waals surface area contributed by atoms with Crippen LogP contribution < -0.4 is 5.32 Å². The van der Waals surface area contributed by atoms with Crippen molar-refractivity contribution in [3.63, 3.8) is 0 Å². The number of carboxylic acid groups (broad SMARTS) is 1. The number of piperidine rings is 1. The molecule has 0 spiro atoms. The topological polar surface area (TPSA) is 105 Å². The summed E-state index contributed by atoms with van der Waals surface area (Å²) in [7, 11) is 1.40. The molecule has 2 aliphatic carbocycles. The highest BCUT2D eigenvalue weighted by atomic mass is 16.5. The van der Waals surface area contributed by atoms with Crippen LogP contribution >= 0.6 is 0 Å². The molecule has 0 unspecified atom stereocenters. The Hall–Kier alpha value is -3.39. The van der Waals surface area contributed by atoms with Crippen LogP contribution in [0.15, 0.2) is 48.5 Å². The lowest BCUT2D eigenvalue weighted by molar-refractivity contribution is -0.171. The molecular weight excluding hydrogens is 448 g/mol. The van der Waals surface area contributed by atoms with Crippen LogP contribution in [0.5, 0.6) is 0 Å². The van der Waals surface area contributed by atoms with E-state index < -0.39 is 17.7 Å². The molecule has 2 aromatic rings. The molecule has 184 valence electrons. The first-order valence-corrected chi connectivity index (χ1v) is 12.1. The molecule has 2 amide bonds. The quantitative estimate of drug-likeness (QED) is 0.659. The predicted octanol–water partition coefficient (Wildman–Crippen LogP) is 3.40. The Balaban J connectivity index is 1.09. The number of nitrogens with one attached hydrogen (secondary N) is 1. The lowest BCUT2D eigenvalue weighted by atomic mass is 9.78. The second kappa shape index (κ2) is 9.34. The fraction of sp³-hybridized carbons (Fsp3) is 0.444. The minimum Gasteiger partial charge on any atom is -0.479 e. The van der Waals surface area contributed by atoms with Gasteiger partial charge in [-0.3, -0.25) is 4.79 Å². The average Bonchev–Trinajstić information content (AvgIpc) is 3.18. The van der Waals surface area contributed by atoms with Gasteiger partial charge in [-0.25, -0.2) is 9.59 Å². The van der Waals surface area contributed by atoms with Crippen LogP contribution in [0.1, 0.15) is 42.7 Å². The normalized spacial score (nSPS) is 22.5. The van der Waals surface area contributed by atoms with E-state index in [0.29, 0.717) is 25.9 Å². The van der Waals surface area contributed by atoms with Crippen molar-refractivity contribution in [1.82, 2.24) is 10.2 Å². The highest BCUT2D eigenvalue weighted by molar-refractivity contribution is 5.82. The van der Waals surface area contributed by atoms with Crippen molar-refractivity contribution in [3.05, 3.63) is 59.7 Å². The number of methoxy groups -OCH3 is 1. The molecule has 0 radical (unpaired) electrons. The van der Waals surface area contributed by atoms with Gasteiger partial charge in [0.25, 0.3) is 0 Å². The summed E-state index contributed by atoms with van der Waals surface area (Å²) in [6.45, 7) is 0.980. The maximum Gasteiger partial charge on any atom is 0.407 e. The first kappa shape index (κ1) is 23.4. The maximum atomic E-state index is 12.8. The zero-order valence-electron chi connectivity index (χ0n) is 19.7. The fourth-order valence-corrected chi connectivity index (χ4v) is 5.60. The van der Waals surface area contributed by atoms with Gasteiger partial charge in [-0.1, -0.05) is 48.5 Å². The summed E-state index contributed by atoms with van der Waals surface area (Å²) in [6.07, 6.45) is 1.21. The highest BCUT2D eigenvalue weighted by Gasteiger charge is 2.45. The van der Waals surface area contributed by atoms with Crippen molar-refractivity contribution in [3.8, 4) is 11.1 Å². The van der Waals surface area contributed by atoms with Crippen molar-refractivity contribution in [1.29, 1.82) is 0 Å². The van der Waals surface area contributed by atoms with Crippen LogP contribution in [-0.2, 0) is 19.1 Å². The molecule has 5 rings (SSSR count). The van der Waals surface area contributed by atoms with E-state index in [2.05, 4.69) is 29.6 Å². The monoisotopic (exact) mass is 478 g/mol. The number of ether oxygens (including phenoxy) is 2. The number of hydrogen-bond donors (Lipinski definition) is 2. The number of aliphatic carboxylic acids is 1. The van der Waals surface area contributed by atoms with Crippen molar-refractivity contribution in [2.75, 3.05) is 26.8 Å². The molecule has 2 N–H and O–H groups in total. The van der Waals surface area contributed by atoms with Gasteiger partial charge in [-0.15, -0.1) is 0 Å². The van der Waals surface area contributed by atoms with Crippen molar-refractivity contribution in [2.45, 2.75) is 43.2 Å². The molecule has 3 aliphatic rings. The second-order valence-corrected chi connectivity index (χ2v) is 9.66. The van der Waals surface area contributed by atoms with E-state index in [9.17, 15) is 19.5 Å². The minimum absolute atomic E-state index is 0.00740. The summed E-state index contributed by atoms with van der Waals surface area (Å²) in [5.74, 6) is -1.12. The third kappa shape index (κ3) is 4.27. The number of hydrogen-bond acceptors (Lipinski definition) is 5. The Morgan fingerprint density at radius 3 is 2.11 bits per heavy atom. The molecular formula is C27H30N2O6. The van der Waals surface area contributed by atoms with Crippen LogP contribution in [0, 0.1) is 5.92 Å². The van der Waals surface area contributed by atoms with Gasteiger partial charge in [-0.2, -0.15) is 0 Å². The van der Waals surface area contributed by atoms with Crippen LogP contribution in [0.25, 0.3) is 11.1 Å². The summed E-state index contributed by atoms with van der Waals surface area (Å²) < 4.78 is 10.8. The summed E-state index contributed by atoms with van der Waals surface area (Å²) in [5, 5.41) is 12.3.